The first-order valence-electron chi connectivity index (χ1n) is 11.3. The zero-order valence-corrected chi connectivity index (χ0v) is 20.0. The number of anilines is 2. The average molecular weight is 484 g/mol. The normalized spacial score (nSPS) is 17.3. The standard InChI is InChI=1S/C27H25N5O2S/c1-34-18-24(33)29-19-12-14-21(15-13-19)32-26(25(30-27(32)35)22-10-5-6-16-28-22)23-11-7-17-31(23)20-8-3-2-4-9-20/h2-17,25-26H,18H2,1H3,(H,29,33)(H,30,35)/t25-,26+/m1/s1. The van der Waals surface area contributed by atoms with Crippen LogP contribution in [0.1, 0.15) is 23.5 Å². The van der Waals surface area contributed by atoms with Crippen molar-refractivity contribution >= 4 is 34.6 Å². The van der Waals surface area contributed by atoms with E-state index in [1.165, 1.54) is 7.11 Å². The molecule has 2 N–H and O–H groups in total. The van der Waals surface area contributed by atoms with Crippen LogP contribution in [0.5, 0.6) is 0 Å². The minimum atomic E-state index is -0.201. The lowest BCUT2D eigenvalue weighted by Crippen LogP contribution is -2.30. The van der Waals surface area contributed by atoms with Crippen molar-refractivity contribution in [3.8, 4) is 5.69 Å². The van der Waals surface area contributed by atoms with Crippen LogP contribution in [0.15, 0.2) is 97.3 Å². The van der Waals surface area contributed by atoms with Gasteiger partial charge in [-0.05, 0) is 72.9 Å². The fourth-order valence-electron chi connectivity index (χ4n) is 4.43. The zero-order valence-electron chi connectivity index (χ0n) is 19.2. The summed E-state index contributed by atoms with van der Waals surface area (Å²) in [7, 11) is 1.49. The zero-order chi connectivity index (χ0) is 24.2. The third kappa shape index (κ3) is 4.66. The molecule has 0 radical (unpaired) electrons. The summed E-state index contributed by atoms with van der Waals surface area (Å²) in [6.45, 7) is 0.00614. The molecule has 3 heterocycles. The molecule has 0 unspecified atom stereocenters. The number of methoxy groups -OCH3 is 1. The van der Waals surface area contributed by atoms with Crippen LogP contribution in [0.25, 0.3) is 5.69 Å². The van der Waals surface area contributed by atoms with E-state index in [9.17, 15) is 4.79 Å². The number of para-hydroxylation sites is 1. The summed E-state index contributed by atoms with van der Waals surface area (Å²) in [4.78, 5) is 18.6. The topological polar surface area (TPSA) is 71.4 Å². The Morgan fingerprint density at radius 1 is 1.00 bits per heavy atom. The van der Waals surface area contributed by atoms with Crippen molar-refractivity contribution in [1.29, 1.82) is 0 Å². The molecule has 1 fully saturated rings. The first-order chi connectivity index (χ1) is 17.2. The summed E-state index contributed by atoms with van der Waals surface area (Å²) in [5.41, 5.74) is 4.67. The van der Waals surface area contributed by atoms with Crippen LogP contribution < -0.4 is 15.5 Å². The van der Waals surface area contributed by atoms with E-state index in [0.717, 1.165) is 22.8 Å². The molecule has 0 saturated carbocycles. The number of thiocarbonyl (C=S) groups is 1. The number of rotatable bonds is 7. The highest BCUT2D eigenvalue weighted by Gasteiger charge is 2.42. The van der Waals surface area contributed by atoms with Gasteiger partial charge in [0.15, 0.2) is 5.11 Å². The molecule has 2 aromatic heterocycles. The third-order valence-corrected chi connectivity index (χ3v) is 6.24. The number of hydrogen-bond acceptors (Lipinski definition) is 4. The predicted molar refractivity (Wildman–Crippen MR) is 141 cm³/mol. The molecule has 1 amide bonds. The summed E-state index contributed by atoms with van der Waals surface area (Å²) in [6, 6.07) is 27.7. The van der Waals surface area contributed by atoms with E-state index in [-0.39, 0.29) is 24.6 Å². The lowest BCUT2D eigenvalue weighted by atomic mass is 10.0. The van der Waals surface area contributed by atoms with Gasteiger partial charge in [0.05, 0.1) is 11.7 Å². The van der Waals surface area contributed by atoms with E-state index < -0.39 is 0 Å². The Morgan fingerprint density at radius 3 is 2.49 bits per heavy atom. The summed E-state index contributed by atoms with van der Waals surface area (Å²) >= 11 is 5.84. The lowest BCUT2D eigenvalue weighted by molar-refractivity contribution is -0.119. The molecule has 35 heavy (non-hydrogen) atoms. The monoisotopic (exact) mass is 483 g/mol. The number of pyridine rings is 1. The number of nitrogens with zero attached hydrogens (tertiary/aromatic N) is 3. The molecule has 1 saturated heterocycles. The Bertz CT molecular complexity index is 1310. The second-order valence-corrected chi connectivity index (χ2v) is 8.55. The highest BCUT2D eigenvalue weighted by atomic mass is 32.1. The number of aromatic nitrogens is 2. The Morgan fingerprint density at radius 2 is 1.77 bits per heavy atom. The Labute approximate surface area is 209 Å². The fraction of sp³-hybridized carbons (Fsp3) is 0.148. The number of amides is 1. The maximum absolute atomic E-state index is 11.9. The fourth-order valence-corrected chi connectivity index (χ4v) is 4.77. The first-order valence-corrected chi connectivity index (χ1v) is 11.7. The van der Waals surface area contributed by atoms with Crippen LogP contribution in [0.4, 0.5) is 11.4 Å². The van der Waals surface area contributed by atoms with Crippen molar-refractivity contribution in [3.63, 3.8) is 0 Å². The van der Waals surface area contributed by atoms with Crippen molar-refractivity contribution in [2.75, 3.05) is 23.9 Å². The van der Waals surface area contributed by atoms with Crippen molar-refractivity contribution in [3.05, 3.63) is 109 Å². The van der Waals surface area contributed by atoms with E-state index in [2.05, 4.69) is 49.5 Å². The van der Waals surface area contributed by atoms with Gasteiger partial charge < -0.3 is 24.8 Å². The van der Waals surface area contributed by atoms with Crippen LogP contribution in [0.3, 0.4) is 0 Å². The Hall–Kier alpha value is -4.01. The van der Waals surface area contributed by atoms with Gasteiger partial charge >= 0.3 is 0 Å². The van der Waals surface area contributed by atoms with E-state index in [0.29, 0.717) is 10.8 Å². The van der Waals surface area contributed by atoms with Gasteiger partial charge in [0, 0.05) is 42.3 Å². The molecule has 5 rings (SSSR count). The molecular formula is C27H25N5O2S. The van der Waals surface area contributed by atoms with Gasteiger partial charge in [-0.3, -0.25) is 9.78 Å². The maximum atomic E-state index is 11.9. The molecule has 1 aliphatic rings. The first kappa shape index (κ1) is 22.8. The van der Waals surface area contributed by atoms with E-state index in [1.54, 1.807) is 6.20 Å². The van der Waals surface area contributed by atoms with Crippen molar-refractivity contribution in [1.82, 2.24) is 14.9 Å². The van der Waals surface area contributed by atoms with Gasteiger partial charge in [-0.2, -0.15) is 0 Å². The van der Waals surface area contributed by atoms with Crippen LogP contribution in [0.2, 0.25) is 0 Å². The summed E-state index contributed by atoms with van der Waals surface area (Å²) in [5.74, 6) is -0.201. The molecule has 0 bridgehead atoms. The molecule has 8 heteroatoms. The molecule has 176 valence electrons. The summed E-state index contributed by atoms with van der Waals surface area (Å²) in [5, 5.41) is 6.94. The number of nitrogens with one attached hydrogen (secondary N) is 2. The lowest BCUT2D eigenvalue weighted by Gasteiger charge is -2.29. The SMILES string of the molecule is COCC(=O)Nc1ccc(N2C(=S)N[C@H](c3ccccn3)[C@@H]2c2cccn2-c2ccccc2)cc1. The highest BCUT2D eigenvalue weighted by molar-refractivity contribution is 7.80. The minimum Gasteiger partial charge on any atom is -0.375 e. The second kappa shape index (κ2) is 10.1. The highest BCUT2D eigenvalue weighted by Crippen LogP contribution is 2.42. The van der Waals surface area contributed by atoms with Gasteiger partial charge in [0.1, 0.15) is 12.6 Å². The van der Waals surface area contributed by atoms with Gasteiger partial charge in [0.25, 0.3) is 0 Å². The minimum absolute atomic E-state index is 0.00614. The summed E-state index contributed by atoms with van der Waals surface area (Å²) < 4.78 is 7.08. The molecule has 0 aliphatic carbocycles. The largest absolute Gasteiger partial charge is 0.375 e. The van der Waals surface area contributed by atoms with E-state index in [1.807, 2.05) is 66.7 Å². The molecule has 0 spiro atoms. The summed E-state index contributed by atoms with van der Waals surface area (Å²) in [6.07, 6.45) is 3.86. The number of hydrogen-bond donors (Lipinski definition) is 2. The molecular weight excluding hydrogens is 458 g/mol. The maximum Gasteiger partial charge on any atom is 0.250 e. The van der Waals surface area contributed by atoms with Gasteiger partial charge in [-0.25, -0.2) is 0 Å². The van der Waals surface area contributed by atoms with E-state index >= 15 is 0 Å². The molecule has 2 aromatic carbocycles. The smallest absolute Gasteiger partial charge is 0.250 e. The molecule has 2 atom stereocenters. The number of carbonyl (C=O) groups is 1. The predicted octanol–water partition coefficient (Wildman–Crippen LogP) is 4.63. The average Bonchev–Trinajstić information content (AvgIpc) is 3.50. The van der Waals surface area contributed by atoms with Gasteiger partial charge in [-0.1, -0.05) is 24.3 Å². The van der Waals surface area contributed by atoms with Crippen LogP contribution in [-0.2, 0) is 9.53 Å². The number of ether oxygens (including phenoxy) is 1. The Kier molecular flexibility index (Phi) is 6.56. The van der Waals surface area contributed by atoms with Crippen molar-refractivity contribution < 1.29 is 9.53 Å². The number of benzene rings is 2. The van der Waals surface area contributed by atoms with Crippen LogP contribution in [-0.4, -0.2) is 34.3 Å². The Balaban J connectivity index is 1.55. The number of carbonyl (C=O) groups excluding carboxylic acids is 1. The van der Waals surface area contributed by atoms with Gasteiger partial charge in [0.2, 0.25) is 5.91 Å². The molecule has 4 aromatic rings. The van der Waals surface area contributed by atoms with Crippen LogP contribution in [0, 0.1) is 0 Å². The quantitative estimate of drug-likeness (QED) is 0.374. The van der Waals surface area contributed by atoms with E-state index in [4.69, 9.17) is 17.0 Å². The van der Waals surface area contributed by atoms with Crippen molar-refractivity contribution in [2.45, 2.75) is 12.1 Å². The molecule has 7 nitrogen and oxygen atoms in total. The van der Waals surface area contributed by atoms with Crippen molar-refractivity contribution in [2.24, 2.45) is 0 Å². The third-order valence-electron chi connectivity index (χ3n) is 5.92. The van der Waals surface area contributed by atoms with Gasteiger partial charge in [-0.15, -0.1) is 0 Å². The second-order valence-electron chi connectivity index (χ2n) is 8.16. The molecule has 1 aliphatic heterocycles. The van der Waals surface area contributed by atoms with Crippen LogP contribution >= 0.6 is 12.2 Å².